The number of carbonyl (C=O) groups is 1. The summed E-state index contributed by atoms with van der Waals surface area (Å²) in [7, 11) is 1.86. The second kappa shape index (κ2) is 6.32. The van der Waals surface area contributed by atoms with E-state index in [1.165, 1.54) is 0 Å². The molecule has 2 heterocycles. The molecule has 136 valence electrons. The van der Waals surface area contributed by atoms with Crippen LogP contribution in [0.1, 0.15) is 32.0 Å². The summed E-state index contributed by atoms with van der Waals surface area (Å²) in [6.45, 7) is 7.57. The van der Waals surface area contributed by atoms with Gasteiger partial charge in [0.05, 0.1) is 11.2 Å². The Morgan fingerprint density at radius 1 is 1.27 bits per heavy atom. The first-order chi connectivity index (χ1) is 12.1. The highest BCUT2D eigenvalue weighted by atomic mass is 35.5. The summed E-state index contributed by atoms with van der Waals surface area (Å²) in [5.41, 5.74) is 2.42. The lowest BCUT2D eigenvalue weighted by Gasteiger charge is -2.19. The van der Waals surface area contributed by atoms with E-state index in [-0.39, 0.29) is 0 Å². The van der Waals surface area contributed by atoms with Gasteiger partial charge in [-0.1, -0.05) is 32.4 Å². The first-order valence-corrected chi connectivity index (χ1v) is 8.73. The van der Waals surface area contributed by atoms with Gasteiger partial charge in [0.15, 0.2) is 0 Å². The largest absolute Gasteiger partial charge is 0.478 e. The Kier molecular flexibility index (Phi) is 4.44. The van der Waals surface area contributed by atoms with Gasteiger partial charge in [0, 0.05) is 34.8 Å². The number of fused-ring (bicyclic) bond motifs is 1. The predicted molar refractivity (Wildman–Crippen MR) is 105 cm³/mol. The molecular formula is C20H22ClN3O2. The Bertz CT molecular complexity index is 1040. The molecule has 1 N–H and O–H groups in total. The number of halogens is 1. The molecule has 0 fully saturated rings. The number of benzene rings is 1. The second-order valence-corrected chi connectivity index (χ2v) is 7.88. The van der Waals surface area contributed by atoms with Crippen LogP contribution in [0, 0.1) is 12.3 Å². The Labute approximate surface area is 157 Å². The van der Waals surface area contributed by atoms with Crippen molar-refractivity contribution >= 4 is 34.5 Å². The molecule has 2 aromatic heterocycles. The minimum atomic E-state index is -0.921. The average molecular weight is 372 g/mol. The van der Waals surface area contributed by atoms with Crippen LogP contribution < -0.4 is 0 Å². The number of hydrogen-bond acceptors (Lipinski definition) is 2. The van der Waals surface area contributed by atoms with Crippen LogP contribution in [0.15, 0.2) is 36.0 Å². The number of aryl methyl sites for hydroxylation is 2. The number of aliphatic carboxylic acids is 1. The topological polar surface area (TPSA) is 60.0 Å². The standard InChI is InChI=1S/C20H22ClN3O2/c1-12-15(11-16(19(25)26)20(2,3)4)18(23(5)22-12)24-9-8-13-10-14(21)6-7-17(13)24/h6-11H,1-5H3,(H,25,26)/b16-11-. The number of aromatic nitrogens is 3. The fraction of sp³-hybridized carbons (Fsp3) is 0.300. The summed E-state index contributed by atoms with van der Waals surface area (Å²) < 4.78 is 3.79. The van der Waals surface area contributed by atoms with Crippen molar-refractivity contribution in [3.63, 3.8) is 0 Å². The SMILES string of the molecule is Cc1nn(C)c(-n2ccc3cc(Cl)ccc32)c1/C=C(/C(=O)O)C(C)(C)C. The first-order valence-electron chi connectivity index (χ1n) is 8.35. The van der Waals surface area contributed by atoms with Crippen molar-refractivity contribution in [3.05, 3.63) is 52.3 Å². The number of carboxylic acid groups (broad SMARTS) is 1. The Hall–Kier alpha value is -2.53. The summed E-state index contributed by atoms with van der Waals surface area (Å²) in [6.07, 6.45) is 3.69. The summed E-state index contributed by atoms with van der Waals surface area (Å²) in [4.78, 5) is 11.8. The maximum absolute atomic E-state index is 11.8. The van der Waals surface area contributed by atoms with Crippen LogP contribution in [-0.2, 0) is 11.8 Å². The summed E-state index contributed by atoms with van der Waals surface area (Å²) in [5, 5.41) is 15.9. The van der Waals surface area contributed by atoms with Gasteiger partial charge < -0.3 is 9.67 Å². The highest BCUT2D eigenvalue weighted by molar-refractivity contribution is 6.31. The van der Waals surface area contributed by atoms with Crippen LogP contribution in [-0.4, -0.2) is 25.4 Å². The molecule has 0 bridgehead atoms. The van der Waals surface area contributed by atoms with Gasteiger partial charge >= 0.3 is 5.97 Å². The molecule has 0 aliphatic rings. The van der Waals surface area contributed by atoms with E-state index in [0.29, 0.717) is 10.6 Å². The number of nitrogens with zero attached hydrogens (tertiary/aromatic N) is 3. The van der Waals surface area contributed by atoms with E-state index in [4.69, 9.17) is 11.6 Å². The molecular weight excluding hydrogens is 350 g/mol. The van der Waals surface area contributed by atoms with Crippen LogP contribution in [0.3, 0.4) is 0 Å². The van der Waals surface area contributed by atoms with Gasteiger partial charge in [-0.15, -0.1) is 0 Å². The van der Waals surface area contributed by atoms with E-state index in [1.54, 1.807) is 10.8 Å². The van der Waals surface area contributed by atoms with Crippen LogP contribution in [0.2, 0.25) is 5.02 Å². The van der Waals surface area contributed by atoms with Crippen molar-refractivity contribution in [1.29, 1.82) is 0 Å². The zero-order chi connectivity index (χ0) is 19.2. The minimum Gasteiger partial charge on any atom is -0.478 e. The lowest BCUT2D eigenvalue weighted by molar-refractivity contribution is -0.133. The van der Waals surface area contributed by atoms with Crippen molar-refractivity contribution in [2.75, 3.05) is 0 Å². The third kappa shape index (κ3) is 3.15. The van der Waals surface area contributed by atoms with Gasteiger partial charge in [0.2, 0.25) is 0 Å². The molecule has 1 aromatic carbocycles. The molecule has 0 radical (unpaired) electrons. The first kappa shape index (κ1) is 18.3. The molecule has 0 unspecified atom stereocenters. The summed E-state index contributed by atoms with van der Waals surface area (Å²) in [5.74, 6) is -0.0985. The Balaban J connectivity index is 2.28. The zero-order valence-electron chi connectivity index (χ0n) is 15.5. The smallest absolute Gasteiger partial charge is 0.332 e. The van der Waals surface area contributed by atoms with E-state index in [2.05, 4.69) is 5.10 Å². The molecule has 0 amide bonds. The molecule has 0 aliphatic heterocycles. The summed E-state index contributed by atoms with van der Waals surface area (Å²) >= 11 is 6.09. The second-order valence-electron chi connectivity index (χ2n) is 7.45. The third-order valence-corrected chi connectivity index (χ3v) is 4.68. The van der Waals surface area contributed by atoms with Gasteiger partial charge in [-0.05, 0) is 42.7 Å². The molecule has 26 heavy (non-hydrogen) atoms. The van der Waals surface area contributed by atoms with Crippen molar-refractivity contribution < 1.29 is 9.90 Å². The number of hydrogen-bond donors (Lipinski definition) is 1. The monoisotopic (exact) mass is 371 g/mol. The molecule has 3 aromatic rings. The lowest BCUT2D eigenvalue weighted by Crippen LogP contribution is -2.17. The van der Waals surface area contributed by atoms with Gasteiger partial charge in [-0.2, -0.15) is 5.10 Å². The van der Waals surface area contributed by atoms with E-state index in [1.807, 2.05) is 69.8 Å². The number of carboxylic acids is 1. The quantitative estimate of drug-likeness (QED) is 0.670. The van der Waals surface area contributed by atoms with Crippen LogP contribution in [0.25, 0.3) is 22.8 Å². The third-order valence-electron chi connectivity index (χ3n) is 4.44. The van der Waals surface area contributed by atoms with Gasteiger partial charge in [0.1, 0.15) is 5.82 Å². The van der Waals surface area contributed by atoms with Crippen molar-refractivity contribution in [3.8, 4) is 5.82 Å². The Morgan fingerprint density at radius 2 is 1.96 bits per heavy atom. The van der Waals surface area contributed by atoms with E-state index < -0.39 is 11.4 Å². The fourth-order valence-electron chi connectivity index (χ4n) is 3.16. The van der Waals surface area contributed by atoms with Crippen molar-refractivity contribution in [2.45, 2.75) is 27.7 Å². The number of rotatable bonds is 3. The molecule has 0 aliphatic carbocycles. The van der Waals surface area contributed by atoms with E-state index >= 15 is 0 Å². The van der Waals surface area contributed by atoms with Gasteiger partial charge in [-0.3, -0.25) is 4.68 Å². The molecule has 0 atom stereocenters. The maximum atomic E-state index is 11.8. The summed E-state index contributed by atoms with van der Waals surface area (Å²) in [6, 6.07) is 7.69. The maximum Gasteiger partial charge on any atom is 0.332 e. The van der Waals surface area contributed by atoms with Crippen molar-refractivity contribution in [2.24, 2.45) is 12.5 Å². The van der Waals surface area contributed by atoms with E-state index in [9.17, 15) is 9.90 Å². The normalized spacial score (nSPS) is 12.8. The van der Waals surface area contributed by atoms with Gasteiger partial charge in [-0.25, -0.2) is 4.79 Å². The van der Waals surface area contributed by atoms with Crippen LogP contribution in [0.5, 0.6) is 0 Å². The molecule has 3 rings (SSSR count). The molecule has 0 saturated carbocycles. The Morgan fingerprint density at radius 3 is 2.58 bits per heavy atom. The molecule has 0 saturated heterocycles. The molecule has 5 nitrogen and oxygen atoms in total. The fourth-order valence-corrected chi connectivity index (χ4v) is 3.34. The average Bonchev–Trinajstić information content (AvgIpc) is 3.03. The van der Waals surface area contributed by atoms with Crippen molar-refractivity contribution in [1.82, 2.24) is 14.3 Å². The zero-order valence-corrected chi connectivity index (χ0v) is 16.3. The van der Waals surface area contributed by atoms with Crippen LogP contribution >= 0.6 is 11.6 Å². The highest BCUT2D eigenvalue weighted by Crippen LogP contribution is 2.32. The van der Waals surface area contributed by atoms with Gasteiger partial charge in [0.25, 0.3) is 0 Å². The lowest BCUT2D eigenvalue weighted by atomic mass is 9.85. The molecule has 6 heteroatoms. The van der Waals surface area contributed by atoms with E-state index in [0.717, 1.165) is 28.0 Å². The highest BCUT2D eigenvalue weighted by Gasteiger charge is 2.25. The molecule has 0 spiro atoms. The predicted octanol–water partition coefficient (Wildman–Crippen LogP) is 4.84. The minimum absolute atomic E-state index is 0.342. The van der Waals surface area contributed by atoms with Crippen LogP contribution in [0.4, 0.5) is 0 Å².